The molecule has 2 heterocycles. The first-order chi connectivity index (χ1) is 34.4. The topological polar surface area (TPSA) is 262 Å². The SMILES string of the molecule is CCCCCCCCCCCCCCCCCCCCCCCCCC(=O)C(O[C@H]1O[C@H](CO)[C@H](O)[C@H](O)[C@H]1O[C@H]1O[C@H](CO)[C@H](O)[C@H](O)[C@H]1[16OH])[C@@H](N)[C@H](O)[C@H](O)CCCCCCCCCCCCCC. The number of hydrogen-bond acceptors (Lipinski definition) is 15. The molecule has 2 rings (SSSR count). The maximum absolute atomic E-state index is 14.1. The Hall–Kier alpha value is -0.890. The summed E-state index contributed by atoms with van der Waals surface area (Å²) in [5.74, 6) is -0.492. The molecule has 0 aromatic rings. The molecule has 0 bridgehead atoms. The van der Waals surface area contributed by atoms with E-state index in [0.717, 1.165) is 51.4 Å². The van der Waals surface area contributed by atoms with Crippen LogP contribution in [0, 0.1) is 0 Å². The van der Waals surface area contributed by atoms with E-state index in [2.05, 4.69) is 13.8 Å². The third-order valence-corrected chi connectivity index (χ3v) is 15.1. The number of aliphatic hydroxyl groups excluding tert-OH is 9. The van der Waals surface area contributed by atoms with Gasteiger partial charge in [0.2, 0.25) is 0 Å². The maximum Gasteiger partial charge on any atom is 0.188 e. The Morgan fingerprint density at radius 1 is 0.465 bits per heavy atom. The van der Waals surface area contributed by atoms with Gasteiger partial charge in [0.15, 0.2) is 18.4 Å². The third-order valence-electron chi connectivity index (χ3n) is 15.1. The summed E-state index contributed by atoms with van der Waals surface area (Å²) < 4.78 is 23.3. The number of aliphatic hydroxyl groups is 9. The van der Waals surface area contributed by atoms with Crippen LogP contribution in [0.5, 0.6) is 0 Å². The molecule has 0 amide bonds. The van der Waals surface area contributed by atoms with E-state index in [1.54, 1.807) is 0 Å². The lowest BCUT2D eigenvalue weighted by Crippen LogP contribution is -2.66. The van der Waals surface area contributed by atoms with E-state index in [1.165, 1.54) is 161 Å². The van der Waals surface area contributed by atoms with Crippen molar-refractivity contribution in [1.29, 1.82) is 0 Å². The smallest absolute Gasteiger partial charge is 0.188 e. The average molecular weight is 1020 g/mol. The van der Waals surface area contributed by atoms with Gasteiger partial charge < -0.3 is 70.6 Å². The minimum atomic E-state index is -1.89. The molecule has 2 fully saturated rings. The molecule has 0 aliphatic carbocycles. The second kappa shape index (κ2) is 42.2. The first kappa shape index (κ1) is 66.2. The van der Waals surface area contributed by atoms with Gasteiger partial charge in [-0.3, -0.25) is 4.79 Å². The monoisotopic (exact) mass is 1020 g/mol. The molecule has 422 valence electrons. The summed E-state index contributed by atoms with van der Waals surface area (Å²) in [5.41, 5.74) is 6.59. The molecule has 15 heteroatoms. The molecule has 0 aromatic heterocycles. The van der Waals surface area contributed by atoms with E-state index < -0.39 is 105 Å². The summed E-state index contributed by atoms with van der Waals surface area (Å²) in [7, 11) is 0. The van der Waals surface area contributed by atoms with Crippen LogP contribution in [0.3, 0.4) is 0 Å². The van der Waals surface area contributed by atoms with Gasteiger partial charge in [-0.05, 0) is 12.8 Å². The summed E-state index contributed by atoms with van der Waals surface area (Å²) in [6, 6.07) is -1.47. The molecule has 0 saturated carbocycles. The van der Waals surface area contributed by atoms with E-state index in [0.29, 0.717) is 12.8 Å². The quantitative estimate of drug-likeness (QED) is 0.0258. The highest BCUT2D eigenvalue weighted by Gasteiger charge is 2.52. The fraction of sp³-hybridized carbons (Fsp3) is 0.982. The molecule has 71 heavy (non-hydrogen) atoms. The van der Waals surface area contributed by atoms with Crippen LogP contribution < -0.4 is 5.73 Å². The standard InChI is InChI=1S/C56H109NO14/c1-3-5-7-9-11-13-15-17-18-19-20-21-22-23-24-25-26-27-29-31-33-35-37-39-43(61)53(46(57)47(62)42(60)38-36-34-32-30-28-16-14-12-10-8-6-4-2)70-56-54(51(66)49(64)45(41-59)69-56)71-55-52(67)50(65)48(63)44(40-58)68-55/h42,44-56,58-60,62-67H,3-41,57H2,1-2H3/t42-,44-,45-,46+,47-,48+,49+,50+,51+,52-,53?,54-,55-,56-/m1/s1/i67+0. The highest BCUT2D eigenvalue weighted by Crippen LogP contribution is 2.32. The summed E-state index contributed by atoms with van der Waals surface area (Å²) in [6.07, 6.45) is 21.0. The highest BCUT2D eigenvalue weighted by molar-refractivity contribution is 5.84. The van der Waals surface area contributed by atoms with Gasteiger partial charge in [-0.25, -0.2) is 0 Å². The summed E-state index contributed by atoms with van der Waals surface area (Å²) >= 11 is 0. The predicted octanol–water partition coefficient (Wildman–Crippen LogP) is 8.09. The second-order valence-electron chi connectivity index (χ2n) is 21.4. The number of carbonyl (C=O) groups is 1. The van der Waals surface area contributed by atoms with Crippen molar-refractivity contribution in [3.05, 3.63) is 0 Å². The first-order valence-electron chi connectivity index (χ1n) is 29.3. The van der Waals surface area contributed by atoms with Crippen LogP contribution in [-0.2, 0) is 23.7 Å². The lowest BCUT2D eigenvalue weighted by atomic mass is 9.92. The number of ketones is 1. The summed E-state index contributed by atoms with van der Waals surface area (Å²) in [5, 5.41) is 95.8. The van der Waals surface area contributed by atoms with Crippen molar-refractivity contribution in [2.24, 2.45) is 5.73 Å². The van der Waals surface area contributed by atoms with Crippen LogP contribution in [0.25, 0.3) is 0 Å². The Morgan fingerprint density at radius 2 is 0.803 bits per heavy atom. The van der Waals surface area contributed by atoms with E-state index in [-0.39, 0.29) is 12.8 Å². The van der Waals surface area contributed by atoms with Crippen molar-refractivity contribution in [2.45, 2.75) is 337 Å². The number of ether oxygens (including phenoxy) is 4. The van der Waals surface area contributed by atoms with Gasteiger partial charge in [0, 0.05) is 6.42 Å². The number of carbonyl (C=O) groups excluding carboxylic acids is 1. The van der Waals surface area contributed by atoms with E-state index in [1.807, 2.05) is 0 Å². The Bertz CT molecular complexity index is 1240. The Labute approximate surface area is 430 Å². The second-order valence-corrected chi connectivity index (χ2v) is 21.4. The molecule has 2 aliphatic rings. The van der Waals surface area contributed by atoms with Gasteiger partial charge in [-0.15, -0.1) is 0 Å². The molecule has 0 aromatic carbocycles. The number of nitrogens with two attached hydrogens (primary N) is 1. The number of hydrogen-bond donors (Lipinski definition) is 10. The molecular formula is C56H109NO14. The van der Waals surface area contributed by atoms with E-state index >= 15 is 0 Å². The normalized spacial score (nSPS) is 26.6. The molecule has 0 radical (unpaired) electrons. The first-order valence-corrected chi connectivity index (χ1v) is 29.3. The van der Waals surface area contributed by atoms with Crippen LogP contribution in [-0.4, -0.2) is 151 Å². The van der Waals surface area contributed by atoms with Crippen molar-refractivity contribution in [2.75, 3.05) is 13.2 Å². The van der Waals surface area contributed by atoms with Gasteiger partial charge in [0.1, 0.15) is 54.9 Å². The predicted molar refractivity (Wildman–Crippen MR) is 278 cm³/mol. The summed E-state index contributed by atoms with van der Waals surface area (Å²) in [4.78, 5) is 14.1. The van der Waals surface area contributed by atoms with Crippen LogP contribution in [0.2, 0.25) is 0 Å². The zero-order chi connectivity index (χ0) is 52.1. The van der Waals surface area contributed by atoms with Gasteiger partial charge in [0.05, 0.1) is 31.5 Å². The van der Waals surface area contributed by atoms with Gasteiger partial charge in [-0.1, -0.05) is 232 Å². The minimum absolute atomic E-state index is 0.0265. The zero-order valence-electron chi connectivity index (χ0n) is 44.8. The van der Waals surface area contributed by atoms with Crippen LogP contribution >= 0.6 is 0 Å². The lowest BCUT2D eigenvalue weighted by Gasteiger charge is -2.46. The zero-order valence-corrected chi connectivity index (χ0v) is 44.8. The van der Waals surface area contributed by atoms with Crippen LogP contribution in [0.4, 0.5) is 0 Å². The fourth-order valence-electron chi connectivity index (χ4n) is 10.2. The van der Waals surface area contributed by atoms with Crippen molar-refractivity contribution in [1.82, 2.24) is 0 Å². The number of unbranched alkanes of at least 4 members (excludes halogenated alkanes) is 33. The van der Waals surface area contributed by atoms with Gasteiger partial charge in [0.25, 0.3) is 0 Å². The molecular weight excluding hydrogens is 911 g/mol. The Kier molecular flexibility index (Phi) is 39.4. The largest absolute Gasteiger partial charge is 0.394 e. The van der Waals surface area contributed by atoms with Crippen LogP contribution in [0.1, 0.15) is 251 Å². The molecule has 2 aliphatic heterocycles. The fourth-order valence-corrected chi connectivity index (χ4v) is 10.2. The van der Waals surface area contributed by atoms with Crippen molar-refractivity contribution < 1.29 is 69.7 Å². The van der Waals surface area contributed by atoms with Crippen LogP contribution in [0.15, 0.2) is 0 Å². The van der Waals surface area contributed by atoms with Crippen molar-refractivity contribution in [3.63, 3.8) is 0 Å². The van der Waals surface area contributed by atoms with E-state index in [9.17, 15) is 50.8 Å². The molecule has 2 saturated heterocycles. The van der Waals surface area contributed by atoms with Crippen molar-refractivity contribution in [3.8, 4) is 0 Å². The molecule has 14 atom stereocenters. The van der Waals surface area contributed by atoms with Gasteiger partial charge >= 0.3 is 0 Å². The lowest BCUT2D eigenvalue weighted by molar-refractivity contribution is -0.371. The maximum atomic E-state index is 14.1. The highest BCUT2D eigenvalue weighted by atomic mass is 16.8. The third kappa shape index (κ3) is 27.6. The molecule has 15 nitrogen and oxygen atoms in total. The molecule has 0 spiro atoms. The Morgan fingerprint density at radius 3 is 1.18 bits per heavy atom. The average Bonchev–Trinajstić information content (AvgIpc) is 3.37. The summed E-state index contributed by atoms with van der Waals surface area (Å²) in [6.45, 7) is 2.97. The van der Waals surface area contributed by atoms with Gasteiger partial charge in [-0.2, -0.15) is 0 Å². The molecule has 1 unspecified atom stereocenters. The number of rotatable bonds is 47. The molecule has 11 N–H and O–H groups in total. The Balaban J connectivity index is 1.89. The van der Waals surface area contributed by atoms with E-state index in [4.69, 9.17) is 24.7 Å². The van der Waals surface area contributed by atoms with Crippen molar-refractivity contribution >= 4 is 5.78 Å². The number of Topliss-reactive ketones (excluding diaryl/α,β-unsaturated/α-hetero) is 1. The minimum Gasteiger partial charge on any atom is -0.394 e.